The molecule has 1 spiro atoms. The minimum Gasteiger partial charge on any atom is -0.377 e. The van der Waals surface area contributed by atoms with Crippen LogP contribution in [0.5, 0.6) is 0 Å². The zero-order valence-electron chi connectivity index (χ0n) is 18.9. The van der Waals surface area contributed by atoms with E-state index in [0.717, 1.165) is 38.7 Å². The van der Waals surface area contributed by atoms with Gasteiger partial charge >= 0.3 is 0 Å². The maximum Gasteiger partial charge on any atom is 0.191 e. The molecule has 4 aliphatic rings. The number of benzene rings is 1. The quantitative estimate of drug-likeness (QED) is 0.336. The third-order valence-corrected chi connectivity index (χ3v) is 8.07. The Bertz CT molecular complexity index is 728. The highest BCUT2D eigenvalue weighted by atomic mass is 127. The average Bonchev–Trinajstić information content (AvgIpc) is 3.43. The summed E-state index contributed by atoms with van der Waals surface area (Å²) in [5.74, 6) is 1.72. The maximum absolute atomic E-state index is 6.17. The van der Waals surface area contributed by atoms with Gasteiger partial charge in [-0.2, -0.15) is 0 Å². The van der Waals surface area contributed by atoms with Crippen LogP contribution in [0.2, 0.25) is 0 Å². The minimum absolute atomic E-state index is 0. The van der Waals surface area contributed by atoms with Gasteiger partial charge in [0.25, 0.3) is 0 Å². The monoisotopic (exact) mass is 538 g/mol. The lowest BCUT2D eigenvalue weighted by Crippen LogP contribution is -2.69. The van der Waals surface area contributed by atoms with E-state index in [4.69, 9.17) is 9.73 Å². The van der Waals surface area contributed by atoms with Gasteiger partial charge in [0.1, 0.15) is 0 Å². The van der Waals surface area contributed by atoms with Gasteiger partial charge in [-0.05, 0) is 44.6 Å². The van der Waals surface area contributed by atoms with Crippen LogP contribution in [0.4, 0.5) is 0 Å². The Morgan fingerprint density at radius 1 is 1.10 bits per heavy atom. The van der Waals surface area contributed by atoms with Crippen molar-refractivity contribution in [2.75, 3.05) is 26.2 Å². The Hall–Kier alpha value is -0.860. The normalized spacial score (nSPS) is 30.5. The topological polar surface area (TPSA) is 48.9 Å². The van der Waals surface area contributed by atoms with Gasteiger partial charge in [-0.25, -0.2) is 0 Å². The van der Waals surface area contributed by atoms with Gasteiger partial charge in [-0.3, -0.25) is 9.89 Å². The number of aliphatic imine (C=N–C) groups is 1. The first-order valence-corrected chi connectivity index (χ1v) is 12.2. The number of rotatable bonds is 5. The van der Waals surface area contributed by atoms with Crippen LogP contribution in [0.3, 0.4) is 0 Å². The molecule has 5 rings (SSSR count). The Balaban J connectivity index is 0.00000231. The fraction of sp³-hybridized carbons (Fsp3) is 0.720. The Morgan fingerprint density at radius 2 is 1.84 bits per heavy atom. The fourth-order valence-corrected chi connectivity index (χ4v) is 6.61. The van der Waals surface area contributed by atoms with Gasteiger partial charge < -0.3 is 15.4 Å². The molecule has 2 heterocycles. The third-order valence-electron chi connectivity index (χ3n) is 8.07. The van der Waals surface area contributed by atoms with Crippen LogP contribution < -0.4 is 10.6 Å². The molecular weight excluding hydrogens is 499 g/mol. The van der Waals surface area contributed by atoms with Gasteiger partial charge in [0.2, 0.25) is 0 Å². The number of piperidine rings is 1. The van der Waals surface area contributed by atoms with Crippen molar-refractivity contribution in [1.82, 2.24) is 15.5 Å². The van der Waals surface area contributed by atoms with Crippen LogP contribution in [0.25, 0.3) is 0 Å². The smallest absolute Gasteiger partial charge is 0.191 e. The van der Waals surface area contributed by atoms with E-state index in [1.165, 1.54) is 50.5 Å². The number of halogens is 1. The van der Waals surface area contributed by atoms with Crippen LogP contribution in [0.1, 0.15) is 57.4 Å². The largest absolute Gasteiger partial charge is 0.377 e. The number of likely N-dealkylation sites (tertiary alicyclic amines) is 1. The lowest BCUT2D eigenvalue weighted by Gasteiger charge is -2.57. The van der Waals surface area contributed by atoms with Crippen molar-refractivity contribution in [3.8, 4) is 0 Å². The lowest BCUT2D eigenvalue weighted by molar-refractivity contribution is -0.125. The van der Waals surface area contributed by atoms with Crippen molar-refractivity contribution >= 4 is 29.9 Å². The minimum atomic E-state index is 0. The number of ether oxygens (including phenoxy) is 1. The summed E-state index contributed by atoms with van der Waals surface area (Å²) >= 11 is 0. The van der Waals surface area contributed by atoms with Gasteiger partial charge in [0.15, 0.2) is 5.96 Å². The summed E-state index contributed by atoms with van der Waals surface area (Å²) < 4.78 is 6.17. The van der Waals surface area contributed by atoms with Crippen molar-refractivity contribution in [3.05, 3.63) is 35.9 Å². The number of hydrogen-bond donors (Lipinski definition) is 2. The van der Waals surface area contributed by atoms with Gasteiger partial charge in [0.05, 0.1) is 6.10 Å². The second-order valence-corrected chi connectivity index (χ2v) is 9.81. The molecule has 4 fully saturated rings. The van der Waals surface area contributed by atoms with E-state index in [1.54, 1.807) is 0 Å². The molecule has 2 aliphatic heterocycles. The molecule has 1 aromatic rings. The van der Waals surface area contributed by atoms with Crippen LogP contribution in [0, 0.1) is 11.3 Å². The second-order valence-electron chi connectivity index (χ2n) is 9.81. The molecule has 0 bridgehead atoms. The molecule has 5 nitrogen and oxygen atoms in total. The van der Waals surface area contributed by atoms with Crippen molar-refractivity contribution in [3.63, 3.8) is 0 Å². The maximum atomic E-state index is 6.17. The fourth-order valence-electron chi connectivity index (χ4n) is 6.61. The van der Waals surface area contributed by atoms with E-state index in [0.29, 0.717) is 29.5 Å². The predicted octanol–water partition coefficient (Wildman–Crippen LogP) is 4.17. The number of nitrogens with one attached hydrogen (secondary N) is 2. The SMILES string of the molecule is CCN=C(NC1CCN(Cc2ccccc2)CC1)NC1C2CCOC2C12CCCC2.I. The van der Waals surface area contributed by atoms with E-state index >= 15 is 0 Å². The summed E-state index contributed by atoms with van der Waals surface area (Å²) in [6.45, 7) is 7.28. The molecule has 3 unspecified atom stereocenters. The summed E-state index contributed by atoms with van der Waals surface area (Å²) in [5, 5.41) is 7.70. The molecule has 1 aromatic carbocycles. The first-order valence-electron chi connectivity index (χ1n) is 12.2. The Kier molecular flexibility index (Phi) is 7.81. The zero-order chi connectivity index (χ0) is 20.4. The highest BCUT2D eigenvalue weighted by Crippen LogP contribution is 2.60. The highest BCUT2D eigenvalue weighted by molar-refractivity contribution is 14.0. The predicted molar refractivity (Wildman–Crippen MR) is 137 cm³/mol. The Labute approximate surface area is 204 Å². The van der Waals surface area contributed by atoms with Crippen molar-refractivity contribution in [2.45, 2.75) is 76.6 Å². The van der Waals surface area contributed by atoms with E-state index in [9.17, 15) is 0 Å². The number of guanidine groups is 1. The van der Waals surface area contributed by atoms with E-state index < -0.39 is 0 Å². The average molecular weight is 539 g/mol. The first-order chi connectivity index (χ1) is 14.8. The number of hydrogen-bond acceptors (Lipinski definition) is 3. The molecule has 0 aromatic heterocycles. The second kappa shape index (κ2) is 10.4. The molecule has 2 N–H and O–H groups in total. The molecule has 2 saturated heterocycles. The standard InChI is InChI=1S/C25H38N4O.HI/c1-2-26-24(28-22-21-12-17-30-23(21)25(22)13-6-7-14-25)27-20-10-15-29(16-11-20)18-19-8-4-3-5-9-19;/h3-5,8-9,20-23H,2,6-7,10-18H2,1H3,(H2,26,27,28);1H. The van der Waals surface area contributed by atoms with Crippen LogP contribution in [-0.2, 0) is 11.3 Å². The highest BCUT2D eigenvalue weighted by Gasteiger charge is 2.65. The molecular formula is C25H39IN4O. The number of fused-ring (bicyclic) bond motifs is 2. The molecule has 6 heteroatoms. The van der Waals surface area contributed by atoms with Crippen LogP contribution in [-0.4, -0.2) is 55.3 Å². The summed E-state index contributed by atoms with van der Waals surface area (Å²) in [5.41, 5.74) is 1.79. The van der Waals surface area contributed by atoms with E-state index in [1.807, 2.05) is 0 Å². The first kappa shape index (κ1) is 23.3. The third kappa shape index (κ3) is 4.76. The summed E-state index contributed by atoms with van der Waals surface area (Å²) in [4.78, 5) is 7.42. The van der Waals surface area contributed by atoms with Crippen LogP contribution >= 0.6 is 24.0 Å². The summed E-state index contributed by atoms with van der Waals surface area (Å²) in [7, 11) is 0. The number of nitrogens with zero attached hydrogens (tertiary/aromatic N) is 2. The molecule has 0 amide bonds. The van der Waals surface area contributed by atoms with E-state index in [2.05, 4.69) is 52.8 Å². The molecule has 2 saturated carbocycles. The van der Waals surface area contributed by atoms with Gasteiger partial charge in [0, 0.05) is 56.2 Å². The lowest BCUT2D eigenvalue weighted by atomic mass is 9.54. The summed E-state index contributed by atoms with van der Waals surface area (Å²) in [6, 6.07) is 11.9. The van der Waals surface area contributed by atoms with Crippen molar-refractivity contribution in [2.24, 2.45) is 16.3 Å². The molecule has 3 atom stereocenters. The molecule has 2 aliphatic carbocycles. The Morgan fingerprint density at radius 3 is 2.55 bits per heavy atom. The molecule has 0 radical (unpaired) electrons. The van der Waals surface area contributed by atoms with Crippen molar-refractivity contribution in [1.29, 1.82) is 0 Å². The summed E-state index contributed by atoms with van der Waals surface area (Å²) in [6.07, 6.45) is 9.44. The molecule has 31 heavy (non-hydrogen) atoms. The zero-order valence-corrected chi connectivity index (χ0v) is 21.2. The van der Waals surface area contributed by atoms with E-state index in [-0.39, 0.29) is 24.0 Å². The van der Waals surface area contributed by atoms with Crippen molar-refractivity contribution < 1.29 is 4.74 Å². The van der Waals surface area contributed by atoms with Gasteiger partial charge in [-0.15, -0.1) is 24.0 Å². The van der Waals surface area contributed by atoms with Crippen LogP contribution in [0.15, 0.2) is 35.3 Å². The van der Waals surface area contributed by atoms with Gasteiger partial charge in [-0.1, -0.05) is 43.2 Å². The molecule has 172 valence electrons.